The van der Waals surface area contributed by atoms with Crippen LogP contribution in [0.1, 0.15) is 15.4 Å². The summed E-state index contributed by atoms with van der Waals surface area (Å²) in [4.78, 5) is 12.3. The molecule has 0 aliphatic heterocycles. The molecule has 2 aromatic carbocycles. The third kappa shape index (κ3) is 3.16. The number of aromatic nitrogens is 2. The molecule has 0 saturated heterocycles. The molecule has 2 N–H and O–H groups in total. The maximum Gasteiger partial charge on any atom is 0.169 e. The average Bonchev–Trinajstić information content (AvgIpc) is 2.99. The first-order valence-corrected chi connectivity index (χ1v) is 7.79. The van der Waals surface area contributed by atoms with Crippen LogP contribution in [0.4, 0.5) is 5.69 Å². The molecule has 0 aliphatic carbocycles. The summed E-state index contributed by atoms with van der Waals surface area (Å²) >= 11 is 7.28. The molecular weight excluding hydrogens is 318 g/mol. The molecule has 110 valence electrons. The molecule has 0 fully saturated rings. The number of Topliss-reactive ketones (excluding diaryl/α,β-unsaturated/α-hetero) is 1. The van der Waals surface area contributed by atoms with Crippen LogP contribution < -0.4 is 5.73 Å². The number of nitrogens with two attached hydrogens (primary N) is 1. The van der Waals surface area contributed by atoms with Gasteiger partial charge in [0.05, 0.1) is 17.1 Å². The fourth-order valence-electron chi connectivity index (χ4n) is 1.98. The topological polar surface area (TPSA) is 68.9 Å². The van der Waals surface area contributed by atoms with Gasteiger partial charge in [0.25, 0.3) is 0 Å². The molecule has 0 amide bonds. The summed E-state index contributed by atoms with van der Waals surface area (Å²) in [6.45, 7) is 0. The summed E-state index contributed by atoms with van der Waals surface area (Å²) in [5.74, 6) is -0.0564. The highest BCUT2D eigenvalue weighted by Gasteiger charge is 2.13. The lowest BCUT2D eigenvalue weighted by atomic mass is 10.1. The monoisotopic (exact) mass is 329 g/mol. The summed E-state index contributed by atoms with van der Waals surface area (Å²) < 4.78 is 0. The molecular formula is C16H12ClN3OS. The summed E-state index contributed by atoms with van der Waals surface area (Å²) in [6, 6.07) is 14.6. The molecule has 0 atom stereocenters. The SMILES string of the molecule is Nc1cc(C(=O)Cc2nnc(-c3ccccc3)s2)ccc1Cl. The molecule has 0 aliphatic rings. The van der Waals surface area contributed by atoms with Gasteiger partial charge in [-0.1, -0.05) is 53.3 Å². The van der Waals surface area contributed by atoms with E-state index in [1.807, 2.05) is 30.3 Å². The number of ketones is 1. The molecule has 0 spiro atoms. The number of hydrogen-bond donors (Lipinski definition) is 1. The zero-order chi connectivity index (χ0) is 15.5. The van der Waals surface area contributed by atoms with E-state index in [2.05, 4.69) is 10.2 Å². The number of rotatable bonds is 4. The summed E-state index contributed by atoms with van der Waals surface area (Å²) in [5.41, 5.74) is 7.64. The van der Waals surface area contributed by atoms with Gasteiger partial charge in [-0.15, -0.1) is 10.2 Å². The Bertz CT molecular complexity index is 817. The lowest BCUT2D eigenvalue weighted by molar-refractivity contribution is 0.0993. The van der Waals surface area contributed by atoms with Crippen LogP contribution in [0.2, 0.25) is 5.02 Å². The number of carbonyl (C=O) groups is 1. The smallest absolute Gasteiger partial charge is 0.169 e. The summed E-state index contributed by atoms with van der Waals surface area (Å²) in [5, 5.41) is 10.1. The Balaban J connectivity index is 1.77. The van der Waals surface area contributed by atoms with E-state index >= 15 is 0 Å². The van der Waals surface area contributed by atoms with Crippen molar-refractivity contribution in [3.63, 3.8) is 0 Å². The van der Waals surface area contributed by atoms with Crippen molar-refractivity contribution < 1.29 is 4.79 Å². The van der Waals surface area contributed by atoms with Crippen LogP contribution in [0.25, 0.3) is 10.6 Å². The maximum absolute atomic E-state index is 12.3. The molecule has 1 heterocycles. The molecule has 0 unspecified atom stereocenters. The highest BCUT2D eigenvalue weighted by molar-refractivity contribution is 7.14. The van der Waals surface area contributed by atoms with Gasteiger partial charge in [-0.2, -0.15) is 0 Å². The van der Waals surface area contributed by atoms with Crippen molar-refractivity contribution in [2.45, 2.75) is 6.42 Å². The Labute approximate surface area is 136 Å². The average molecular weight is 330 g/mol. The highest BCUT2D eigenvalue weighted by Crippen LogP contribution is 2.25. The lowest BCUT2D eigenvalue weighted by Crippen LogP contribution is -2.04. The van der Waals surface area contributed by atoms with Gasteiger partial charge in [-0.25, -0.2) is 0 Å². The standard InChI is InChI=1S/C16H12ClN3OS/c17-12-7-6-11(8-13(12)18)14(21)9-15-19-20-16(22-15)10-4-2-1-3-5-10/h1-8H,9,18H2. The van der Waals surface area contributed by atoms with Crippen molar-refractivity contribution in [3.8, 4) is 10.6 Å². The van der Waals surface area contributed by atoms with Gasteiger partial charge in [-0.3, -0.25) is 4.79 Å². The van der Waals surface area contributed by atoms with E-state index in [-0.39, 0.29) is 12.2 Å². The van der Waals surface area contributed by atoms with Gasteiger partial charge < -0.3 is 5.73 Å². The third-order valence-corrected chi connectivity index (χ3v) is 4.43. The number of benzene rings is 2. The third-order valence-electron chi connectivity index (χ3n) is 3.12. The Morgan fingerprint density at radius 2 is 1.91 bits per heavy atom. The summed E-state index contributed by atoms with van der Waals surface area (Å²) in [6.07, 6.45) is 0.200. The van der Waals surface area contributed by atoms with E-state index in [0.717, 1.165) is 10.6 Å². The van der Waals surface area contributed by atoms with Crippen LogP contribution in [0.5, 0.6) is 0 Å². The molecule has 3 rings (SSSR count). The van der Waals surface area contributed by atoms with Gasteiger partial charge in [0, 0.05) is 11.1 Å². The minimum atomic E-state index is -0.0564. The predicted molar refractivity (Wildman–Crippen MR) is 89.2 cm³/mol. The van der Waals surface area contributed by atoms with E-state index in [1.54, 1.807) is 18.2 Å². The van der Waals surface area contributed by atoms with E-state index in [0.29, 0.717) is 21.3 Å². The maximum atomic E-state index is 12.3. The lowest BCUT2D eigenvalue weighted by Gasteiger charge is -2.01. The second kappa shape index (κ2) is 6.25. The minimum Gasteiger partial charge on any atom is -0.398 e. The number of halogens is 1. The molecule has 6 heteroatoms. The predicted octanol–water partition coefficient (Wildman–Crippen LogP) is 3.87. The van der Waals surface area contributed by atoms with Crippen molar-refractivity contribution in [1.82, 2.24) is 10.2 Å². The minimum absolute atomic E-state index is 0.0564. The Morgan fingerprint density at radius 3 is 2.64 bits per heavy atom. The second-order valence-electron chi connectivity index (χ2n) is 4.70. The van der Waals surface area contributed by atoms with Gasteiger partial charge in [0.1, 0.15) is 10.0 Å². The molecule has 0 saturated carbocycles. The van der Waals surface area contributed by atoms with Gasteiger partial charge in [-0.05, 0) is 18.2 Å². The van der Waals surface area contributed by atoms with Crippen molar-refractivity contribution in [1.29, 1.82) is 0 Å². The quantitative estimate of drug-likeness (QED) is 0.583. The number of anilines is 1. The van der Waals surface area contributed by atoms with Gasteiger partial charge in [0.2, 0.25) is 0 Å². The van der Waals surface area contributed by atoms with Crippen molar-refractivity contribution in [2.24, 2.45) is 0 Å². The van der Waals surface area contributed by atoms with Crippen LogP contribution >= 0.6 is 22.9 Å². The molecule has 22 heavy (non-hydrogen) atoms. The fraction of sp³-hybridized carbons (Fsp3) is 0.0625. The van der Waals surface area contributed by atoms with Crippen molar-refractivity contribution in [2.75, 3.05) is 5.73 Å². The molecule has 1 aromatic heterocycles. The van der Waals surface area contributed by atoms with Crippen LogP contribution in [0.3, 0.4) is 0 Å². The van der Waals surface area contributed by atoms with Crippen LogP contribution in [0, 0.1) is 0 Å². The van der Waals surface area contributed by atoms with Gasteiger partial charge >= 0.3 is 0 Å². The first-order chi connectivity index (χ1) is 10.6. The first kappa shape index (κ1) is 14.7. The van der Waals surface area contributed by atoms with Crippen molar-refractivity contribution in [3.05, 3.63) is 64.1 Å². The van der Waals surface area contributed by atoms with E-state index in [1.165, 1.54) is 11.3 Å². The molecule has 0 radical (unpaired) electrons. The number of carbonyl (C=O) groups excluding carboxylic acids is 1. The summed E-state index contributed by atoms with van der Waals surface area (Å²) in [7, 11) is 0. The zero-order valence-corrected chi connectivity index (χ0v) is 13.1. The molecule has 0 bridgehead atoms. The number of nitrogen functional groups attached to an aromatic ring is 1. The Hall–Kier alpha value is -2.24. The first-order valence-electron chi connectivity index (χ1n) is 6.59. The fourth-order valence-corrected chi connectivity index (χ4v) is 2.94. The Morgan fingerprint density at radius 1 is 1.14 bits per heavy atom. The van der Waals surface area contributed by atoms with E-state index < -0.39 is 0 Å². The van der Waals surface area contributed by atoms with Gasteiger partial charge in [0.15, 0.2) is 5.78 Å². The van der Waals surface area contributed by atoms with Crippen LogP contribution in [-0.4, -0.2) is 16.0 Å². The number of nitrogens with zero attached hydrogens (tertiary/aromatic N) is 2. The van der Waals surface area contributed by atoms with Crippen LogP contribution in [0.15, 0.2) is 48.5 Å². The van der Waals surface area contributed by atoms with Crippen molar-refractivity contribution >= 4 is 34.4 Å². The normalized spacial score (nSPS) is 10.6. The second-order valence-corrected chi connectivity index (χ2v) is 6.17. The zero-order valence-electron chi connectivity index (χ0n) is 11.5. The number of hydrogen-bond acceptors (Lipinski definition) is 5. The van der Waals surface area contributed by atoms with Crippen LogP contribution in [-0.2, 0) is 6.42 Å². The molecule has 4 nitrogen and oxygen atoms in total. The highest BCUT2D eigenvalue weighted by atomic mass is 35.5. The Kier molecular flexibility index (Phi) is 4.18. The van der Waals surface area contributed by atoms with E-state index in [4.69, 9.17) is 17.3 Å². The largest absolute Gasteiger partial charge is 0.398 e. The molecule has 3 aromatic rings. The van der Waals surface area contributed by atoms with E-state index in [9.17, 15) is 4.79 Å².